The average Bonchev–Trinajstić information content (AvgIpc) is 2.48. The number of nitrogens with one attached hydrogen (secondary N) is 1. The second-order valence-electron chi connectivity index (χ2n) is 5.03. The van der Waals surface area contributed by atoms with E-state index in [0.29, 0.717) is 0 Å². The fraction of sp³-hybridized carbons (Fsp3) is 0.333. The molecule has 0 fully saturated rings. The van der Waals surface area contributed by atoms with Crippen LogP contribution in [0, 0.1) is 0 Å². The monoisotopic (exact) mass is 287 g/mol. The van der Waals surface area contributed by atoms with E-state index in [1.165, 1.54) is 22.3 Å². The van der Waals surface area contributed by atoms with Gasteiger partial charge in [-0.05, 0) is 53.8 Å². The lowest BCUT2D eigenvalue weighted by atomic mass is 9.96. The number of rotatable bonds is 5. The van der Waals surface area contributed by atoms with Gasteiger partial charge in [0.2, 0.25) is 0 Å². The van der Waals surface area contributed by atoms with Crippen molar-refractivity contribution < 1.29 is 0 Å². The number of aryl methyl sites for hydroxylation is 2. The molecule has 2 rings (SSSR count). The zero-order chi connectivity index (χ0) is 14.5. The lowest BCUT2D eigenvalue weighted by Gasteiger charge is -2.11. The topological polar surface area (TPSA) is 12.0 Å². The Labute approximate surface area is 127 Å². The first-order chi connectivity index (χ1) is 9.69. The molecular weight excluding hydrogens is 266 g/mol. The smallest absolute Gasteiger partial charge is 0.0457 e. The first-order valence-corrected chi connectivity index (χ1v) is 7.62. The molecule has 0 amide bonds. The van der Waals surface area contributed by atoms with Crippen molar-refractivity contribution >= 4 is 11.6 Å². The minimum absolute atomic E-state index is 0.800. The number of hydrogen-bond donors (Lipinski definition) is 1. The van der Waals surface area contributed by atoms with Crippen LogP contribution in [0.4, 0.5) is 0 Å². The molecule has 2 aromatic rings. The summed E-state index contributed by atoms with van der Waals surface area (Å²) in [6.45, 7) is 5.22. The van der Waals surface area contributed by atoms with Crippen molar-refractivity contribution in [1.82, 2.24) is 5.32 Å². The fourth-order valence-corrected chi connectivity index (χ4v) is 2.79. The summed E-state index contributed by atoms with van der Waals surface area (Å²) < 4.78 is 0. The van der Waals surface area contributed by atoms with Crippen molar-refractivity contribution in [3.8, 4) is 11.1 Å². The van der Waals surface area contributed by atoms with Gasteiger partial charge in [-0.3, -0.25) is 0 Å². The van der Waals surface area contributed by atoms with Gasteiger partial charge in [0.1, 0.15) is 0 Å². The third-order valence-electron chi connectivity index (χ3n) is 3.72. The molecule has 1 nitrogen and oxygen atoms in total. The Morgan fingerprint density at radius 3 is 2.00 bits per heavy atom. The van der Waals surface area contributed by atoms with Gasteiger partial charge in [0, 0.05) is 11.6 Å². The van der Waals surface area contributed by atoms with Gasteiger partial charge in [0.05, 0.1) is 0 Å². The first kappa shape index (κ1) is 15.1. The second-order valence-corrected chi connectivity index (χ2v) is 5.43. The van der Waals surface area contributed by atoms with Gasteiger partial charge in [-0.15, -0.1) is 0 Å². The zero-order valence-electron chi connectivity index (χ0n) is 12.5. The summed E-state index contributed by atoms with van der Waals surface area (Å²) >= 11 is 6.35. The molecule has 106 valence electrons. The molecule has 2 aromatic carbocycles. The summed E-state index contributed by atoms with van der Waals surface area (Å²) in [5.41, 5.74) is 6.44. The highest BCUT2D eigenvalue weighted by atomic mass is 35.5. The summed E-state index contributed by atoms with van der Waals surface area (Å²) in [4.78, 5) is 0. The van der Waals surface area contributed by atoms with Crippen LogP contribution in [0.1, 0.15) is 30.5 Å². The lowest BCUT2D eigenvalue weighted by molar-refractivity contribution is 0.818. The van der Waals surface area contributed by atoms with E-state index in [1.54, 1.807) is 0 Å². The Bertz CT molecular complexity index is 590. The van der Waals surface area contributed by atoms with E-state index in [4.69, 9.17) is 11.6 Å². The van der Waals surface area contributed by atoms with Crippen molar-refractivity contribution in [3.63, 3.8) is 0 Å². The molecule has 0 aliphatic rings. The van der Waals surface area contributed by atoms with E-state index in [9.17, 15) is 0 Å². The fourth-order valence-electron chi connectivity index (χ4n) is 2.54. The Morgan fingerprint density at radius 1 is 0.850 bits per heavy atom. The van der Waals surface area contributed by atoms with E-state index in [2.05, 4.69) is 55.6 Å². The molecule has 0 radical (unpaired) electrons. The number of hydrogen-bond acceptors (Lipinski definition) is 1. The third-order valence-corrected chi connectivity index (χ3v) is 4.07. The average molecular weight is 288 g/mol. The summed E-state index contributed by atoms with van der Waals surface area (Å²) in [5.74, 6) is 0. The third kappa shape index (κ3) is 3.23. The van der Waals surface area contributed by atoms with Gasteiger partial charge >= 0.3 is 0 Å². The number of halogens is 1. The molecule has 0 aliphatic carbocycles. The highest BCUT2D eigenvalue weighted by Gasteiger charge is 2.06. The van der Waals surface area contributed by atoms with Crippen LogP contribution in [0.2, 0.25) is 5.02 Å². The Morgan fingerprint density at radius 2 is 1.45 bits per heavy atom. The van der Waals surface area contributed by atoms with Crippen LogP contribution >= 0.6 is 11.6 Å². The van der Waals surface area contributed by atoms with Crippen molar-refractivity contribution in [2.24, 2.45) is 0 Å². The summed E-state index contributed by atoms with van der Waals surface area (Å²) in [6, 6.07) is 13.0. The maximum Gasteiger partial charge on any atom is 0.0457 e. The van der Waals surface area contributed by atoms with Crippen LogP contribution in [0.25, 0.3) is 11.1 Å². The maximum absolute atomic E-state index is 6.35. The molecule has 1 N–H and O–H groups in total. The van der Waals surface area contributed by atoms with E-state index in [-0.39, 0.29) is 0 Å². The van der Waals surface area contributed by atoms with Crippen LogP contribution in [-0.2, 0) is 19.4 Å². The molecule has 20 heavy (non-hydrogen) atoms. The minimum atomic E-state index is 0.800. The van der Waals surface area contributed by atoms with Crippen molar-refractivity contribution in [1.29, 1.82) is 0 Å². The Hall–Kier alpha value is -1.31. The largest absolute Gasteiger partial charge is 0.316 e. The Balaban J connectivity index is 2.38. The first-order valence-electron chi connectivity index (χ1n) is 7.24. The van der Waals surface area contributed by atoms with E-state index >= 15 is 0 Å². The molecule has 0 spiro atoms. The number of benzene rings is 2. The van der Waals surface area contributed by atoms with Gasteiger partial charge in [0.25, 0.3) is 0 Å². The molecule has 0 heterocycles. The van der Waals surface area contributed by atoms with E-state index < -0.39 is 0 Å². The SMILES string of the molecule is CCc1ccc(-c2ccc(CNC)c(Cl)c2)cc1CC. The maximum atomic E-state index is 6.35. The standard InChI is InChI=1S/C18H22ClN/c1-4-13-6-7-15(10-14(13)5-2)16-8-9-17(12-20-3)18(19)11-16/h6-11,20H,4-5,12H2,1-3H3. The van der Waals surface area contributed by atoms with Gasteiger partial charge < -0.3 is 5.32 Å². The van der Waals surface area contributed by atoms with E-state index in [1.807, 2.05) is 7.05 Å². The quantitative estimate of drug-likeness (QED) is 0.829. The van der Waals surface area contributed by atoms with Gasteiger partial charge in [-0.2, -0.15) is 0 Å². The molecule has 0 saturated heterocycles. The second kappa shape index (κ2) is 6.92. The van der Waals surface area contributed by atoms with Crippen molar-refractivity contribution in [2.45, 2.75) is 33.2 Å². The highest BCUT2D eigenvalue weighted by Crippen LogP contribution is 2.27. The van der Waals surface area contributed by atoms with Gasteiger partial charge in [-0.1, -0.05) is 55.8 Å². The predicted molar refractivity (Wildman–Crippen MR) is 88.4 cm³/mol. The normalized spacial score (nSPS) is 10.8. The molecule has 0 aromatic heterocycles. The predicted octanol–water partition coefficient (Wildman–Crippen LogP) is 4.85. The molecular formula is C18H22ClN. The van der Waals surface area contributed by atoms with Crippen LogP contribution in [0.3, 0.4) is 0 Å². The molecule has 0 atom stereocenters. The lowest BCUT2D eigenvalue weighted by Crippen LogP contribution is -2.05. The molecule has 0 bridgehead atoms. The van der Waals surface area contributed by atoms with Gasteiger partial charge in [0.15, 0.2) is 0 Å². The summed E-state index contributed by atoms with van der Waals surface area (Å²) in [7, 11) is 1.93. The molecule has 0 saturated carbocycles. The van der Waals surface area contributed by atoms with Crippen molar-refractivity contribution in [3.05, 3.63) is 58.1 Å². The van der Waals surface area contributed by atoms with Gasteiger partial charge in [-0.25, -0.2) is 0 Å². The van der Waals surface area contributed by atoms with Crippen LogP contribution < -0.4 is 5.32 Å². The molecule has 0 unspecified atom stereocenters. The van der Waals surface area contributed by atoms with Crippen LogP contribution in [-0.4, -0.2) is 7.05 Å². The van der Waals surface area contributed by atoms with Crippen molar-refractivity contribution in [2.75, 3.05) is 7.05 Å². The molecule has 2 heteroatoms. The molecule has 0 aliphatic heterocycles. The van der Waals surface area contributed by atoms with Crippen LogP contribution in [0.15, 0.2) is 36.4 Å². The Kier molecular flexibility index (Phi) is 5.22. The zero-order valence-corrected chi connectivity index (χ0v) is 13.2. The van der Waals surface area contributed by atoms with Crippen LogP contribution in [0.5, 0.6) is 0 Å². The van der Waals surface area contributed by atoms with E-state index in [0.717, 1.165) is 30.0 Å². The summed E-state index contributed by atoms with van der Waals surface area (Å²) in [5, 5.41) is 3.96. The summed E-state index contributed by atoms with van der Waals surface area (Å²) in [6.07, 6.45) is 2.16. The minimum Gasteiger partial charge on any atom is -0.316 e. The highest BCUT2D eigenvalue weighted by molar-refractivity contribution is 6.31.